The third kappa shape index (κ3) is 2.93. The van der Waals surface area contributed by atoms with Crippen molar-refractivity contribution in [1.82, 2.24) is 0 Å². The standard InChI is InChI=1S/C10H14OS2/c1-12-9-4-3-8(5-6-11)7-10(9)13-2/h3-4,7,11H,5-6H2,1-2H3. The van der Waals surface area contributed by atoms with E-state index in [0.717, 1.165) is 6.42 Å². The van der Waals surface area contributed by atoms with Crippen LogP contribution in [0.4, 0.5) is 0 Å². The summed E-state index contributed by atoms with van der Waals surface area (Å²) in [6, 6.07) is 6.37. The molecule has 0 aromatic heterocycles. The van der Waals surface area contributed by atoms with Crippen molar-refractivity contribution in [3.8, 4) is 0 Å². The summed E-state index contributed by atoms with van der Waals surface area (Å²) < 4.78 is 0. The maximum Gasteiger partial charge on any atom is 0.0471 e. The molecule has 0 bridgehead atoms. The lowest BCUT2D eigenvalue weighted by Gasteiger charge is -2.06. The topological polar surface area (TPSA) is 20.2 Å². The van der Waals surface area contributed by atoms with Crippen molar-refractivity contribution in [2.75, 3.05) is 19.1 Å². The number of aliphatic hydroxyl groups is 1. The summed E-state index contributed by atoms with van der Waals surface area (Å²) >= 11 is 3.52. The lowest BCUT2D eigenvalue weighted by Crippen LogP contribution is -1.91. The number of hydrogen-bond acceptors (Lipinski definition) is 3. The highest BCUT2D eigenvalue weighted by Gasteiger charge is 2.01. The van der Waals surface area contributed by atoms with E-state index in [-0.39, 0.29) is 6.61 Å². The summed E-state index contributed by atoms with van der Waals surface area (Å²) in [4.78, 5) is 2.62. The lowest BCUT2D eigenvalue weighted by atomic mass is 10.2. The predicted octanol–water partition coefficient (Wildman–Crippen LogP) is 2.67. The van der Waals surface area contributed by atoms with Crippen molar-refractivity contribution in [3.05, 3.63) is 23.8 Å². The number of rotatable bonds is 4. The molecule has 0 radical (unpaired) electrons. The number of aliphatic hydroxyl groups excluding tert-OH is 1. The zero-order valence-corrected chi connectivity index (χ0v) is 9.54. The Morgan fingerprint density at radius 1 is 1.15 bits per heavy atom. The molecule has 0 amide bonds. The van der Waals surface area contributed by atoms with E-state index < -0.39 is 0 Å². The van der Waals surface area contributed by atoms with Gasteiger partial charge in [0.2, 0.25) is 0 Å². The molecule has 0 aliphatic heterocycles. The van der Waals surface area contributed by atoms with Crippen LogP contribution in [0.5, 0.6) is 0 Å². The summed E-state index contributed by atoms with van der Waals surface area (Å²) in [5, 5.41) is 8.80. The van der Waals surface area contributed by atoms with Crippen molar-refractivity contribution in [2.45, 2.75) is 16.2 Å². The largest absolute Gasteiger partial charge is 0.396 e. The minimum atomic E-state index is 0.229. The smallest absolute Gasteiger partial charge is 0.0471 e. The SMILES string of the molecule is CSc1ccc(CCO)cc1SC. The van der Waals surface area contributed by atoms with E-state index in [1.54, 1.807) is 23.5 Å². The third-order valence-electron chi connectivity index (χ3n) is 1.85. The molecule has 13 heavy (non-hydrogen) atoms. The van der Waals surface area contributed by atoms with Gasteiger partial charge in [-0.3, -0.25) is 0 Å². The zero-order chi connectivity index (χ0) is 9.68. The van der Waals surface area contributed by atoms with Crippen LogP contribution >= 0.6 is 23.5 Å². The number of hydrogen-bond donors (Lipinski definition) is 1. The van der Waals surface area contributed by atoms with Gasteiger partial charge in [-0.05, 0) is 36.6 Å². The first-order chi connectivity index (χ1) is 6.31. The van der Waals surface area contributed by atoms with Crippen molar-refractivity contribution < 1.29 is 5.11 Å². The molecular formula is C10H14OS2. The van der Waals surface area contributed by atoms with Gasteiger partial charge in [0.25, 0.3) is 0 Å². The minimum absolute atomic E-state index is 0.229. The summed E-state index contributed by atoms with van der Waals surface area (Å²) in [5.74, 6) is 0. The van der Waals surface area contributed by atoms with E-state index in [1.807, 2.05) is 0 Å². The van der Waals surface area contributed by atoms with Crippen LogP contribution in [-0.4, -0.2) is 24.2 Å². The van der Waals surface area contributed by atoms with Gasteiger partial charge in [-0.25, -0.2) is 0 Å². The molecule has 0 saturated heterocycles. The average molecular weight is 214 g/mol. The maximum atomic E-state index is 8.80. The molecule has 0 spiro atoms. The molecule has 72 valence electrons. The van der Waals surface area contributed by atoms with Gasteiger partial charge < -0.3 is 5.11 Å². The molecule has 1 aromatic rings. The summed E-state index contributed by atoms with van der Waals surface area (Å²) in [7, 11) is 0. The second-order valence-corrected chi connectivity index (χ2v) is 4.36. The lowest BCUT2D eigenvalue weighted by molar-refractivity contribution is 0.299. The van der Waals surface area contributed by atoms with Crippen LogP contribution in [0.25, 0.3) is 0 Å². The van der Waals surface area contributed by atoms with Gasteiger partial charge in [0, 0.05) is 16.4 Å². The van der Waals surface area contributed by atoms with Gasteiger partial charge in [-0.15, -0.1) is 23.5 Å². The van der Waals surface area contributed by atoms with Crippen LogP contribution in [0.1, 0.15) is 5.56 Å². The first-order valence-corrected chi connectivity index (χ1v) is 6.58. The second-order valence-electron chi connectivity index (χ2n) is 2.66. The molecule has 0 heterocycles. The van der Waals surface area contributed by atoms with E-state index >= 15 is 0 Å². The number of thioether (sulfide) groups is 2. The fourth-order valence-corrected chi connectivity index (χ4v) is 2.67. The quantitative estimate of drug-likeness (QED) is 0.778. The molecule has 1 nitrogen and oxygen atoms in total. The number of benzene rings is 1. The Morgan fingerprint density at radius 2 is 1.85 bits per heavy atom. The van der Waals surface area contributed by atoms with Crippen LogP contribution in [0.3, 0.4) is 0 Å². The first-order valence-electron chi connectivity index (χ1n) is 4.13. The molecule has 0 aliphatic carbocycles. The van der Waals surface area contributed by atoms with E-state index in [4.69, 9.17) is 5.11 Å². The van der Waals surface area contributed by atoms with Crippen molar-refractivity contribution >= 4 is 23.5 Å². The summed E-state index contributed by atoms with van der Waals surface area (Å²) in [6.07, 6.45) is 4.92. The molecule has 0 atom stereocenters. The fourth-order valence-electron chi connectivity index (χ4n) is 1.17. The van der Waals surface area contributed by atoms with Gasteiger partial charge in [-0.2, -0.15) is 0 Å². The van der Waals surface area contributed by atoms with Crippen LogP contribution < -0.4 is 0 Å². The van der Waals surface area contributed by atoms with Gasteiger partial charge >= 0.3 is 0 Å². The van der Waals surface area contributed by atoms with Gasteiger partial charge in [-0.1, -0.05) is 6.07 Å². The molecule has 0 saturated carbocycles. The van der Waals surface area contributed by atoms with E-state index in [1.165, 1.54) is 15.4 Å². The van der Waals surface area contributed by atoms with Crippen LogP contribution in [0.15, 0.2) is 28.0 Å². The molecule has 1 rings (SSSR count). The summed E-state index contributed by atoms with van der Waals surface area (Å²) in [5.41, 5.74) is 1.21. The zero-order valence-electron chi connectivity index (χ0n) is 7.91. The molecule has 3 heteroatoms. The average Bonchev–Trinajstić information content (AvgIpc) is 2.18. The van der Waals surface area contributed by atoms with E-state index in [2.05, 4.69) is 30.7 Å². The Bertz CT molecular complexity index is 274. The molecule has 0 unspecified atom stereocenters. The molecule has 1 aromatic carbocycles. The van der Waals surface area contributed by atoms with Crippen LogP contribution in [-0.2, 0) is 6.42 Å². The van der Waals surface area contributed by atoms with Gasteiger partial charge in [0.15, 0.2) is 0 Å². The predicted molar refractivity (Wildman–Crippen MR) is 60.8 cm³/mol. The normalized spacial score (nSPS) is 10.4. The monoisotopic (exact) mass is 214 g/mol. The minimum Gasteiger partial charge on any atom is -0.396 e. The molecule has 0 fully saturated rings. The molecular weight excluding hydrogens is 200 g/mol. The highest BCUT2D eigenvalue weighted by Crippen LogP contribution is 2.28. The van der Waals surface area contributed by atoms with Crippen molar-refractivity contribution in [3.63, 3.8) is 0 Å². The fraction of sp³-hybridized carbons (Fsp3) is 0.400. The summed E-state index contributed by atoms with van der Waals surface area (Å²) in [6.45, 7) is 0.229. The Balaban J connectivity index is 2.91. The Hall–Kier alpha value is -0.120. The van der Waals surface area contributed by atoms with Crippen LogP contribution in [0, 0.1) is 0 Å². The van der Waals surface area contributed by atoms with Crippen molar-refractivity contribution in [2.24, 2.45) is 0 Å². The Labute approximate surface area is 87.9 Å². The van der Waals surface area contributed by atoms with Gasteiger partial charge in [0.1, 0.15) is 0 Å². The molecule has 0 aliphatic rings. The molecule has 1 N–H and O–H groups in total. The van der Waals surface area contributed by atoms with E-state index in [9.17, 15) is 0 Å². The van der Waals surface area contributed by atoms with E-state index in [0.29, 0.717) is 0 Å². The Morgan fingerprint density at radius 3 is 2.38 bits per heavy atom. The highest BCUT2D eigenvalue weighted by atomic mass is 32.2. The van der Waals surface area contributed by atoms with Crippen molar-refractivity contribution in [1.29, 1.82) is 0 Å². The third-order valence-corrected chi connectivity index (χ3v) is 3.55. The Kier molecular flexibility index (Phi) is 4.70. The first kappa shape index (κ1) is 11.0. The second kappa shape index (κ2) is 5.58. The van der Waals surface area contributed by atoms with Crippen LogP contribution in [0.2, 0.25) is 0 Å². The highest BCUT2D eigenvalue weighted by molar-refractivity contribution is 8.01. The van der Waals surface area contributed by atoms with Gasteiger partial charge in [0.05, 0.1) is 0 Å². The maximum absolute atomic E-state index is 8.80.